The Morgan fingerprint density at radius 3 is 2.03 bits per heavy atom. The predicted molar refractivity (Wildman–Crippen MR) is 109 cm³/mol. The maximum absolute atomic E-state index is 11.7. The van der Waals surface area contributed by atoms with Crippen molar-refractivity contribution in [3.63, 3.8) is 0 Å². The van der Waals surface area contributed by atoms with Gasteiger partial charge in [-0.05, 0) is 36.5 Å². The Bertz CT molecular complexity index is 1170. The second-order valence-electron chi connectivity index (χ2n) is 7.69. The molecule has 0 radical (unpaired) electrons. The molecule has 1 aromatic heterocycles. The molecule has 0 aliphatic heterocycles. The van der Waals surface area contributed by atoms with E-state index in [2.05, 4.69) is 5.16 Å². The first-order valence-corrected chi connectivity index (χ1v) is 11.3. The Labute approximate surface area is 169 Å². The second kappa shape index (κ2) is 6.84. The van der Waals surface area contributed by atoms with Gasteiger partial charge in [0.15, 0.2) is 15.6 Å². The van der Waals surface area contributed by atoms with Gasteiger partial charge in [-0.1, -0.05) is 53.7 Å². The molecule has 0 saturated heterocycles. The van der Waals surface area contributed by atoms with E-state index >= 15 is 0 Å². The van der Waals surface area contributed by atoms with Crippen molar-refractivity contribution in [1.82, 2.24) is 5.16 Å². The van der Waals surface area contributed by atoms with Crippen molar-refractivity contribution >= 4 is 15.8 Å². The highest BCUT2D eigenvalue weighted by Gasteiger charge is 2.51. The fourth-order valence-electron chi connectivity index (χ4n) is 3.59. The molecule has 7 heteroatoms. The Morgan fingerprint density at radius 2 is 1.55 bits per heavy atom. The Kier molecular flexibility index (Phi) is 4.58. The van der Waals surface area contributed by atoms with Crippen LogP contribution in [0.5, 0.6) is 0 Å². The molecule has 1 aliphatic rings. The molecule has 3 aromatic rings. The molecule has 0 unspecified atom stereocenters. The number of hydrogen-bond acceptors (Lipinski definition) is 5. The number of benzene rings is 2. The van der Waals surface area contributed by atoms with Crippen LogP contribution in [0.25, 0.3) is 22.5 Å². The molecule has 0 bridgehead atoms. The van der Waals surface area contributed by atoms with Crippen LogP contribution in [-0.4, -0.2) is 30.9 Å². The third kappa shape index (κ3) is 3.70. The number of rotatable bonds is 6. The predicted octanol–water partition coefficient (Wildman–Crippen LogP) is 3.98. The van der Waals surface area contributed by atoms with Gasteiger partial charge in [-0.15, -0.1) is 0 Å². The molecule has 29 heavy (non-hydrogen) atoms. The van der Waals surface area contributed by atoms with Gasteiger partial charge in [-0.2, -0.15) is 0 Å². The molecule has 4 rings (SSSR count). The van der Waals surface area contributed by atoms with Gasteiger partial charge in [0.2, 0.25) is 0 Å². The van der Waals surface area contributed by atoms with Crippen LogP contribution in [-0.2, 0) is 25.8 Å². The molecule has 150 valence electrons. The van der Waals surface area contributed by atoms with Gasteiger partial charge in [-0.3, -0.25) is 4.79 Å². The number of carbonyl (C=O) groups is 1. The summed E-state index contributed by atoms with van der Waals surface area (Å²) in [5.41, 5.74) is 3.99. The number of hydrogen-bond donors (Lipinski definition) is 1. The molecule has 6 nitrogen and oxygen atoms in total. The quantitative estimate of drug-likeness (QED) is 0.659. The summed E-state index contributed by atoms with van der Waals surface area (Å²) in [4.78, 5) is 11.5. The van der Waals surface area contributed by atoms with E-state index in [0.717, 1.165) is 22.3 Å². The topological polar surface area (TPSA) is 97.5 Å². The number of aryl methyl sites for hydroxylation is 1. The molecule has 2 aromatic carbocycles. The van der Waals surface area contributed by atoms with E-state index in [9.17, 15) is 18.3 Å². The smallest absolute Gasteiger partial charge is 0.314 e. The van der Waals surface area contributed by atoms with Crippen molar-refractivity contribution in [3.05, 3.63) is 65.4 Å². The lowest BCUT2D eigenvalue weighted by molar-refractivity contribution is -0.140. The van der Waals surface area contributed by atoms with Gasteiger partial charge in [-0.25, -0.2) is 8.42 Å². The molecule has 1 saturated carbocycles. The van der Waals surface area contributed by atoms with Crippen LogP contribution in [0.2, 0.25) is 0 Å². The van der Waals surface area contributed by atoms with Crippen LogP contribution in [0.4, 0.5) is 0 Å². The van der Waals surface area contributed by atoms with Gasteiger partial charge < -0.3 is 9.63 Å². The summed E-state index contributed by atoms with van der Waals surface area (Å²) in [5.74, 6) is -0.416. The van der Waals surface area contributed by atoms with Gasteiger partial charge in [0.05, 0.1) is 16.9 Å². The summed E-state index contributed by atoms with van der Waals surface area (Å²) < 4.78 is 28.8. The van der Waals surface area contributed by atoms with E-state index < -0.39 is 21.2 Å². The third-order valence-electron chi connectivity index (χ3n) is 5.47. The van der Waals surface area contributed by atoms with Crippen molar-refractivity contribution in [1.29, 1.82) is 0 Å². The number of carboxylic acids is 1. The Morgan fingerprint density at radius 1 is 1.03 bits per heavy atom. The molecular weight excluding hydrogens is 390 g/mol. The number of sulfone groups is 1. The van der Waals surface area contributed by atoms with Crippen LogP contribution in [0.1, 0.15) is 29.7 Å². The minimum Gasteiger partial charge on any atom is -0.481 e. The van der Waals surface area contributed by atoms with E-state index in [1.165, 1.54) is 6.26 Å². The first kappa shape index (κ1) is 19.4. The van der Waals surface area contributed by atoms with Crippen LogP contribution in [0, 0.1) is 6.92 Å². The zero-order valence-electron chi connectivity index (χ0n) is 16.2. The van der Waals surface area contributed by atoms with Crippen LogP contribution >= 0.6 is 0 Å². The number of nitrogens with zero attached hydrogens (tertiary/aromatic N) is 1. The Hall–Kier alpha value is -2.93. The summed E-state index contributed by atoms with van der Waals surface area (Å²) in [6.45, 7) is 1.73. The van der Waals surface area contributed by atoms with Crippen molar-refractivity contribution in [2.75, 3.05) is 6.26 Å². The summed E-state index contributed by atoms with van der Waals surface area (Å²) >= 11 is 0. The molecule has 0 spiro atoms. The van der Waals surface area contributed by atoms with Crippen molar-refractivity contribution < 1.29 is 22.8 Å². The molecular formula is C22H21NO5S. The van der Waals surface area contributed by atoms with Gasteiger partial charge >= 0.3 is 5.97 Å². The Balaban J connectivity index is 1.60. The molecule has 1 N–H and O–H groups in total. The maximum atomic E-state index is 11.7. The molecule has 1 heterocycles. The van der Waals surface area contributed by atoms with Crippen molar-refractivity contribution in [3.8, 4) is 22.5 Å². The molecule has 1 aliphatic carbocycles. The molecule has 0 amide bonds. The minimum absolute atomic E-state index is 0.119. The highest BCUT2D eigenvalue weighted by Crippen LogP contribution is 2.48. The van der Waals surface area contributed by atoms with E-state index in [-0.39, 0.29) is 5.75 Å². The van der Waals surface area contributed by atoms with Gasteiger partial charge in [0, 0.05) is 17.4 Å². The average molecular weight is 411 g/mol. The first-order chi connectivity index (χ1) is 13.7. The largest absolute Gasteiger partial charge is 0.481 e. The summed E-state index contributed by atoms with van der Waals surface area (Å²) in [6.07, 6.45) is 2.55. The average Bonchev–Trinajstić information content (AvgIpc) is 3.42. The highest BCUT2D eigenvalue weighted by atomic mass is 32.2. The van der Waals surface area contributed by atoms with Crippen LogP contribution < -0.4 is 0 Å². The minimum atomic E-state index is -3.21. The highest BCUT2D eigenvalue weighted by molar-refractivity contribution is 7.89. The van der Waals surface area contributed by atoms with E-state index in [1.807, 2.05) is 48.5 Å². The van der Waals surface area contributed by atoms with Crippen LogP contribution in [0.15, 0.2) is 53.1 Å². The summed E-state index contributed by atoms with van der Waals surface area (Å²) in [5, 5.41) is 13.3. The number of aliphatic carboxylic acids is 1. The van der Waals surface area contributed by atoms with E-state index in [1.54, 1.807) is 6.92 Å². The number of carboxylic acid groups (broad SMARTS) is 1. The standard InChI is InChI=1S/C22H21NO5S/c1-14-19(13-29(2,26)27)20(28-23-14)17-5-3-15(4-6-17)16-7-9-18(10-8-16)22(11-12-22)21(24)25/h3-10H,11-13H2,1-2H3,(H,24,25). The zero-order chi connectivity index (χ0) is 20.8. The lowest BCUT2D eigenvalue weighted by atomic mass is 9.93. The summed E-state index contributed by atoms with van der Waals surface area (Å²) in [6, 6.07) is 15.2. The fraction of sp³-hybridized carbons (Fsp3) is 0.273. The second-order valence-corrected chi connectivity index (χ2v) is 9.83. The molecule has 1 fully saturated rings. The lowest BCUT2D eigenvalue weighted by Gasteiger charge is -2.11. The summed E-state index contributed by atoms with van der Waals surface area (Å²) in [7, 11) is -3.21. The van der Waals surface area contributed by atoms with E-state index in [0.29, 0.717) is 29.9 Å². The fourth-order valence-corrected chi connectivity index (χ4v) is 4.46. The molecule has 0 atom stereocenters. The van der Waals surface area contributed by atoms with Crippen LogP contribution in [0.3, 0.4) is 0 Å². The maximum Gasteiger partial charge on any atom is 0.314 e. The third-order valence-corrected chi connectivity index (χ3v) is 6.28. The van der Waals surface area contributed by atoms with Crippen molar-refractivity contribution in [2.45, 2.75) is 30.9 Å². The van der Waals surface area contributed by atoms with Crippen molar-refractivity contribution in [2.24, 2.45) is 0 Å². The zero-order valence-corrected chi connectivity index (χ0v) is 17.0. The van der Waals surface area contributed by atoms with Gasteiger partial charge in [0.1, 0.15) is 0 Å². The van der Waals surface area contributed by atoms with E-state index in [4.69, 9.17) is 4.52 Å². The van der Waals surface area contributed by atoms with Gasteiger partial charge in [0.25, 0.3) is 0 Å². The first-order valence-electron chi connectivity index (χ1n) is 9.27. The normalized spacial score (nSPS) is 15.2. The SMILES string of the molecule is Cc1noc(-c2ccc(-c3ccc(C4(C(=O)O)CC4)cc3)cc2)c1CS(C)(=O)=O. The monoisotopic (exact) mass is 411 g/mol. The number of aromatic nitrogens is 1. The lowest BCUT2D eigenvalue weighted by Crippen LogP contribution is -2.19.